The fourth-order valence-corrected chi connectivity index (χ4v) is 2.20. The summed E-state index contributed by atoms with van der Waals surface area (Å²) in [6.07, 6.45) is -5.67. The molecule has 1 aromatic rings. The van der Waals surface area contributed by atoms with E-state index in [1.54, 1.807) is 0 Å². The Bertz CT molecular complexity index is 345. The van der Waals surface area contributed by atoms with E-state index in [0.717, 1.165) is 6.07 Å². The highest BCUT2D eigenvalue weighted by atomic mass is 35.5. The van der Waals surface area contributed by atoms with Gasteiger partial charge in [0.05, 0.1) is 4.34 Å². The maximum atomic E-state index is 12.7. The summed E-state index contributed by atoms with van der Waals surface area (Å²) in [5.41, 5.74) is 0. The van der Waals surface area contributed by atoms with Crippen LogP contribution in [0.3, 0.4) is 0 Å². The Morgan fingerprint density at radius 3 is 2.00 bits per heavy atom. The topological polar surface area (TPSA) is 0 Å². The minimum atomic E-state index is -5.67. The molecule has 1 heterocycles. The highest BCUT2D eigenvalue weighted by Crippen LogP contribution is 2.49. The van der Waals surface area contributed by atoms with E-state index in [2.05, 4.69) is 0 Å². The van der Waals surface area contributed by atoms with E-state index in [0.29, 0.717) is 11.3 Å². The summed E-state index contributed by atoms with van der Waals surface area (Å²) >= 11 is 11.1. The van der Waals surface area contributed by atoms with Crippen LogP contribution >= 0.6 is 34.5 Å². The Labute approximate surface area is 95.6 Å². The molecule has 1 aromatic heterocycles. The molecular formula is C7H3Cl2F5S. The molecule has 8 heteroatoms. The van der Waals surface area contributed by atoms with Crippen molar-refractivity contribution in [3.8, 4) is 0 Å². The van der Waals surface area contributed by atoms with E-state index in [9.17, 15) is 22.0 Å². The van der Waals surface area contributed by atoms with Gasteiger partial charge in [0.1, 0.15) is 5.38 Å². The molecule has 15 heavy (non-hydrogen) atoms. The molecule has 0 amide bonds. The monoisotopic (exact) mass is 284 g/mol. The second kappa shape index (κ2) is 4.07. The molecule has 0 radical (unpaired) electrons. The lowest BCUT2D eigenvalue weighted by Crippen LogP contribution is -2.39. The lowest BCUT2D eigenvalue weighted by atomic mass is 10.2. The molecule has 0 aliphatic rings. The van der Waals surface area contributed by atoms with Gasteiger partial charge in [-0.3, -0.25) is 0 Å². The molecule has 0 fully saturated rings. The van der Waals surface area contributed by atoms with Crippen molar-refractivity contribution in [1.29, 1.82) is 0 Å². The molecular weight excluding hydrogens is 282 g/mol. The van der Waals surface area contributed by atoms with Gasteiger partial charge in [0, 0.05) is 4.88 Å². The highest BCUT2D eigenvalue weighted by Gasteiger charge is 2.62. The number of rotatable bonds is 2. The molecule has 0 bridgehead atoms. The van der Waals surface area contributed by atoms with Crippen molar-refractivity contribution >= 4 is 34.5 Å². The minimum Gasteiger partial charge on any atom is -0.194 e. The largest absolute Gasteiger partial charge is 0.455 e. The summed E-state index contributed by atoms with van der Waals surface area (Å²) in [5, 5.41) is -2.45. The summed E-state index contributed by atoms with van der Waals surface area (Å²) in [7, 11) is 0. The first kappa shape index (κ1) is 13.0. The molecule has 1 unspecified atom stereocenters. The molecule has 0 aromatic carbocycles. The van der Waals surface area contributed by atoms with Crippen molar-refractivity contribution in [1.82, 2.24) is 0 Å². The van der Waals surface area contributed by atoms with Gasteiger partial charge in [0.25, 0.3) is 0 Å². The van der Waals surface area contributed by atoms with E-state index < -0.39 is 17.5 Å². The predicted molar refractivity (Wildman–Crippen MR) is 48.9 cm³/mol. The molecule has 1 rings (SSSR count). The Morgan fingerprint density at radius 2 is 1.67 bits per heavy atom. The van der Waals surface area contributed by atoms with Crippen LogP contribution in [0.25, 0.3) is 0 Å². The fraction of sp³-hybridized carbons (Fsp3) is 0.429. The first-order valence-corrected chi connectivity index (χ1v) is 5.13. The molecule has 86 valence electrons. The highest BCUT2D eigenvalue weighted by molar-refractivity contribution is 7.16. The van der Waals surface area contributed by atoms with Crippen molar-refractivity contribution in [2.75, 3.05) is 0 Å². The SMILES string of the molecule is FC(F)(F)C(F)(F)C(Cl)c1ccc(Cl)s1. The van der Waals surface area contributed by atoms with Gasteiger partial charge in [0.2, 0.25) is 0 Å². The van der Waals surface area contributed by atoms with Crippen LogP contribution in [-0.2, 0) is 0 Å². The Hall–Kier alpha value is -0.0700. The standard InChI is InChI=1S/C7H3Cl2F5S/c8-4-2-1-3(15-4)5(9)6(10,11)7(12,13)14/h1-2,5H. The average Bonchev–Trinajstić information content (AvgIpc) is 2.48. The third-order valence-electron chi connectivity index (χ3n) is 1.54. The second-order valence-corrected chi connectivity index (χ2v) is 4.81. The maximum absolute atomic E-state index is 12.7. The van der Waals surface area contributed by atoms with Gasteiger partial charge in [0.15, 0.2) is 0 Å². The third-order valence-corrected chi connectivity index (χ3v) is 3.47. The first-order valence-electron chi connectivity index (χ1n) is 3.50. The molecule has 1 atom stereocenters. The first-order chi connectivity index (χ1) is 6.66. The van der Waals surface area contributed by atoms with Crippen molar-refractivity contribution in [2.24, 2.45) is 0 Å². The van der Waals surface area contributed by atoms with Crippen LogP contribution < -0.4 is 0 Å². The Balaban J connectivity index is 2.99. The van der Waals surface area contributed by atoms with Crippen LogP contribution in [-0.4, -0.2) is 12.1 Å². The zero-order valence-corrected chi connectivity index (χ0v) is 9.11. The molecule has 0 aliphatic carbocycles. The van der Waals surface area contributed by atoms with Crippen molar-refractivity contribution in [3.05, 3.63) is 21.3 Å². The van der Waals surface area contributed by atoms with E-state index in [4.69, 9.17) is 23.2 Å². The van der Waals surface area contributed by atoms with Crippen LogP contribution in [0.1, 0.15) is 10.3 Å². The molecule has 0 saturated carbocycles. The van der Waals surface area contributed by atoms with Crippen LogP contribution in [0.5, 0.6) is 0 Å². The average molecular weight is 285 g/mol. The van der Waals surface area contributed by atoms with Gasteiger partial charge in [-0.1, -0.05) is 11.6 Å². The van der Waals surface area contributed by atoms with Crippen LogP contribution in [0.2, 0.25) is 4.34 Å². The predicted octanol–water partition coefficient (Wildman–Crippen LogP) is 4.88. The zero-order valence-electron chi connectivity index (χ0n) is 6.79. The smallest absolute Gasteiger partial charge is 0.194 e. The van der Waals surface area contributed by atoms with Crippen LogP contribution in [0, 0.1) is 0 Å². The van der Waals surface area contributed by atoms with Crippen LogP contribution in [0.4, 0.5) is 22.0 Å². The van der Waals surface area contributed by atoms with Gasteiger partial charge in [-0.05, 0) is 12.1 Å². The van der Waals surface area contributed by atoms with Gasteiger partial charge >= 0.3 is 12.1 Å². The summed E-state index contributed by atoms with van der Waals surface area (Å²) in [6.45, 7) is 0. The van der Waals surface area contributed by atoms with Gasteiger partial charge in [-0.15, -0.1) is 22.9 Å². The molecule has 0 nitrogen and oxygen atoms in total. The molecule has 0 saturated heterocycles. The van der Waals surface area contributed by atoms with Gasteiger partial charge in [-0.25, -0.2) is 0 Å². The van der Waals surface area contributed by atoms with E-state index in [-0.39, 0.29) is 9.21 Å². The second-order valence-electron chi connectivity index (χ2n) is 2.63. The Kier molecular flexibility index (Phi) is 3.52. The molecule has 0 aliphatic heterocycles. The maximum Gasteiger partial charge on any atom is 0.455 e. The summed E-state index contributed by atoms with van der Waals surface area (Å²) in [6, 6.07) is 2.26. The number of thiophene rings is 1. The minimum absolute atomic E-state index is 0.105. The zero-order chi connectivity index (χ0) is 11.9. The number of halogens is 7. The summed E-state index contributed by atoms with van der Waals surface area (Å²) < 4.78 is 61.3. The Morgan fingerprint density at radius 1 is 1.13 bits per heavy atom. The van der Waals surface area contributed by atoms with Crippen LogP contribution in [0.15, 0.2) is 12.1 Å². The van der Waals surface area contributed by atoms with Crippen molar-refractivity contribution in [2.45, 2.75) is 17.5 Å². The van der Waals surface area contributed by atoms with E-state index in [1.165, 1.54) is 6.07 Å². The molecule has 0 N–H and O–H groups in total. The van der Waals surface area contributed by atoms with Gasteiger partial charge < -0.3 is 0 Å². The number of hydrogen-bond donors (Lipinski definition) is 0. The van der Waals surface area contributed by atoms with Gasteiger partial charge in [-0.2, -0.15) is 22.0 Å². The number of hydrogen-bond acceptors (Lipinski definition) is 1. The number of alkyl halides is 6. The molecule has 0 spiro atoms. The summed E-state index contributed by atoms with van der Waals surface area (Å²) in [4.78, 5) is -0.316. The normalized spacial score (nSPS) is 15.4. The quantitative estimate of drug-likeness (QED) is 0.536. The van der Waals surface area contributed by atoms with E-state index in [1.807, 2.05) is 0 Å². The van der Waals surface area contributed by atoms with E-state index >= 15 is 0 Å². The van der Waals surface area contributed by atoms with Crippen molar-refractivity contribution in [3.63, 3.8) is 0 Å². The van der Waals surface area contributed by atoms with Crippen molar-refractivity contribution < 1.29 is 22.0 Å². The lowest BCUT2D eigenvalue weighted by molar-refractivity contribution is -0.283. The summed E-state index contributed by atoms with van der Waals surface area (Å²) in [5.74, 6) is -4.97. The fourth-order valence-electron chi connectivity index (χ4n) is 0.787. The lowest BCUT2D eigenvalue weighted by Gasteiger charge is -2.23. The third kappa shape index (κ3) is 2.54.